The average molecular weight is 172 g/mol. The molecule has 0 aliphatic rings. The Kier molecular flexibility index (Phi) is 3.01. The van der Waals surface area contributed by atoms with Crippen molar-refractivity contribution in [2.45, 2.75) is 20.0 Å². The SMILES string of the molecule is CCOC(C)c1noc(NN)n1. The molecule has 0 aliphatic heterocycles. The largest absolute Gasteiger partial charge is 0.371 e. The van der Waals surface area contributed by atoms with Crippen molar-refractivity contribution < 1.29 is 9.26 Å². The van der Waals surface area contributed by atoms with Crippen molar-refractivity contribution in [3.8, 4) is 0 Å². The quantitative estimate of drug-likeness (QED) is 0.506. The summed E-state index contributed by atoms with van der Waals surface area (Å²) in [5.41, 5.74) is 2.25. The van der Waals surface area contributed by atoms with E-state index in [1.54, 1.807) is 0 Å². The number of nitrogens with zero attached hydrogens (tertiary/aromatic N) is 2. The van der Waals surface area contributed by atoms with Gasteiger partial charge in [-0.1, -0.05) is 5.16 Å². The van der Waals surface area contributed by atoms with Crippen LogP contribution in [0, 0.1) is 0 Å². The predicted octanol–water partition coefficient (Wildman–Crippen LogP) is 0.453. The van der Waals surface area contributed by atoms with Gasteiger partial charge >= 0.3 is 6.01 Å². The minimum absolute atomic E-state index is 0.166. The summed E-state index contributed by atoms with van der Waals surface area (Å²) in [6.45, 7) is 4.36. The Labute approximate surface area is 70.0 Å². The van der Waals surface area contributed by atoms with Crippen LogP contribution in [0.1, 0.15) is 25.8 Å². The van der Waals surface area contributed by atoms with E-state index < -0.39 is 0 Å². The van der Waals surface area contributed by atoms with Gasteiger partial charge in [-0.25, -0.2) is 5.84 Å². The Hall–Kier alpha value is -1.14. The lowest BCUT2D eigenvalue weighted by Gasteiger charge is -2.04. The number of ether oxygens (including phenoxy) is 1. The van der Waals surface area contributed by atoms with Gasteiger partial charge in [-0.3, -0.25) is 5.43 Å². The van der Waals surface area contributed by atoms with E-state index in [0.29, 0.717) is 12.4 Å². The summed E-state index contributed by atoms with van der Waals surface area (Å²) in [6, 6.07) is 0.191. The number of anilines is 1. The maximum Gasteiger partial charge on any atom is 0.335 e. The van der Waals surface area contributed by atoms with Gasteiger partial charge in [0.25, 0.3) is 0 Å². The van der Waals surface area contributed by atoms with Crippen LogP contribution in [0.15, 0.2) is 4.52 Å². The van der Waals surface area contributed by atoms with Crippen molar-refractivity contribution in [1.82, 2.24) is 10.1 Å². The molecule has 0 saturated heterocycles. The molecule has 6 heteroatoms. The van der Waals surface area contributed by atoms with E-state index in [2.05, 4.69) is 15.6 Å². The second-order valence-electron chi connectivity index (χ2n) is 2.20. The standard InChI is InChI=1S/C6H12N4O2/c1-3-11-4(2)5-8-6(9-7)12-10-5/h4H,3,7H2,1-2H3,(H,8,9,10). The number of hydrazine groups is 1. The van der Waals surface area contributed by atoms with Crippen LogP contribution in [0.2, 0.25) is 0 Å². The molecule has 0 spiro atoms. The Morgan fingerprint density at radius 2 is 2.50 bits per heavy atom. The molecule has 0 aromatic carbocycles. The first-order valence-corrected chi connectivity index (χ1v) is 3.69. The van der Waals surface area contributed by atoms with Gasteiger partial charge in [0.05, 0.1) is 0 Å². The first kappa shape index (κ1) is 8.95. The van der Waals surface area contributed by atoms with Crippen LogP contribution in [-0.2, 0) is 4.74 Å². The van der Waals surface area contributed by atoms with Crippen LogP contribution >= 0.6 is 0 Å². The Morgan fingerprint density at radius 1 is 1.75 bits per heavy atom. The highest BCUT2D eigenvalue weighted by Crippen LogP contribution is 2.13. The van der Waals surface area contributed by atoms with Crippen LogP contribution in [0.3, 0.4) is 0 Å². The van der Waals surface area contributed by atoms with Crippen LogP contribution in [0.25, 0.3) is 0 Å². The minimum Gasteiger partial charge on any atom is -0.371 e. The summed E-state index contributed by atoms with van der Waals surface area (Å²) in [5, 5.41) is 3.65. The molecule has 6 nitrogen and oxygen atoms in total. The number of aromatic nitrogens is 2. The van der Waals surface area contributed by atoms with E-state index in [1.807, 2.05) is 13.8 Å². The molecule has 1 atom stereocenters. The third kappa shape index (κ3) is 1.93. The first-order valence-electron chi connectivity index (χ1n) is 3.69. The number of nitrogens with one attached hydrogen (secondary N) is 1. The predicted molar refractivity (Wildman–Crippen MR) is 42.1 cm³/mol. The Bertz CT molecular complexity index is 237. The number of hydrogen-bond acceptors (Lipinski definition) is 6. The van der Waals surface area contributed by atoms with E-state index in [9.17, 15) is 0 Å². The molecule has 68 valence electrons. The van der Waals surface area contributed by atoms with Gasteiger partial charge in [0, 0.05) is 6.61 Å². The van der Waals surface area contributed by atoms with Crippen molar-refractivity contribution >= 4 is 6.01 Å². The summed E-state index contributed by atoms with van der Waals surface area (Å²) >= 11 is 0. The lowest BCUT2D eigenvalue weighted by molar-refractivity contribution is 0.0683. The Balaban J connectivity index is 2.61. The lowest BCUT2D eigenvalue weighted by atomic mass is 10.4. The molecule has 0 fully saturated rings. The van der Waals surface area contributed by atoms with Crippen LogP contribution < -0.4 is 11.3 Å². The lowest BCUT2D eigenvalue weighted by Crippen LogP contribution is -2.07. The molecule has 0 saturated carbocycles. The molecule has 1 aromatic heterocycles. The van der Waals surface area contributed by atoms with Gasteiger partial charge < -0.3 is 9.26 Å². The summed E-state index contributed by atoms with van der Waals surface area (Å²) < 4.78 is 9.94. The van der Waals surface area contributed by atoms with Gasteiger partial charge in [-0.15, -0.1) is 0 Å². The number of rotatable bonds is 4. The van der Waals surface area contributed by atoms with Gasteiger partial charge in [0.15, 0.2) is 0 Å². The topological polar surface area (TPSA) is 86.2 Å². The summed E-state index contributed by atoms with van der Waals surface area (Å²) in [5.74, 6) is 5.54. The van der Waals surface area contributed by atoms with Gasteiger partial charge in [-0.05, 0) is 13.8 Å². The van der Waals surface area contributed by atoms with E-state index in [0.717, 1.165) is 0 Å². The van der Waals surface area contributed by atoms with Crippen molar-refractivity contribution in [2.24, 2.45) is 5.84 Å². The van der Waals surface area contributed by atoms with Crippen molar-refractivity contribution in [3.63, 3.8) is 0 Å². The fourth-order valence-corrected chi connectivity index (χ4v) is 0.783. The third-order valence-corrected chi connectivity index (χ3v) is 1.35. The molecule has 0 bridgehead atoms. The molecular weight excluding hydrogens is 160 g/mol. The number of hydrogen-bond donors (Lipinski definition) is 2. The fraction of sp³-hybridized carbons (Fsp3) is 0.667. The number of nitrogen functional groups attached to an aromatic ring is 1. The van der Waals surface area contributed by atoms with Crippen molar-refractivity contribution in [1.29, 1.82) is 0 Å². The molecule has 0 aliphatic carbocycles. The second kappa shape index (κ2) is 4.03. The van der Waals surface area contributed by atoms with Crippen molar-refractivity contribution in [3.05, 3.63) is 5.82 Å². The second-order valence-corrected chi connectivity index (χ2v) is 2.20. The van der Waals surface area contributed by atoms with Crippen LogP contribution in [0.5, 0.6) is 0 Å². The maximum atomic E-state index is 5.23. The molecule has 1 aromatic rings. The molecule has 0 amide bonds. The van der Waals surface area contributed by atoms with Gasteiger partial charge in [-0.2, -0.15) is 4.98 Å². The zero-order chi connectivity index (χ0) is 8.97. The highest BCUT2D eigenvalue weighted by Gasteiger charge is 2.12. The third-order valence-electron chi connectivity index (χ3n) is 1.35. The van der Waals surface area contributed by atoms with E-state index in [-0.39, 0.29) is 12.1 Å². The number of nitrogens with two attached hydrogens (primary N) is 1. The zero-order valence-electron chi connectivity index (χ0n) is 7.07. The molecule has 1 heterocycles. The Morgan fingerprint density at radius 3 is 3.00 bits per heavy atom. The van der Waals surface area contributed by atoms with Crippen LogP contribution in [-0.4, -0.2) is 16.7 Å². The average Bonchev–Trinajstić information content (AvgIpc) is 2.52. The molecular formula is C6H12N4O2. The van der Waals surface area contributed by atoms with Gasteiger partial charge in [0.1, 0.15) is 6.10 Å². The first-order chi connectivity index (χ1) is 5.77. The minimum atomic E-state index is -0.166. The highest BCUT2D eigenvalue weighted by molar-refractivity contribution is 5.15. The monoisotopic (exact) mass is 172 g/mol. The fourth-order valence-electron chi connectivity index (χ4n) is 0.783. The highest BCUT2D eigenvalue weighted by atomic mass is 16.5. The molecule has 3 N–H and O–H groups in total. The normalized spacial score (nSPS) is 12.9. The molecule has 1 unspecified atom stereocenters. The maximum absolute atomic E-state index is 5.23. The van der Waals surface area contributed by atoms with Gasteiger partial charge in [0.2, 0.25) is 5.82 Å². The molecule has 0 radical (unpaired) electrons. The van der Waals surface area contributed by atoms with Crippen LogP contribution in [0.4, 0.5) is 6.01 Å². The van der Waals surface area contributed by atoms with E-state index >= 15 is 0 Å². The zero-order valence-corrected chi connectivity index (χ0v) is 7.07. The van der Waals surface area contributed by atoms with E-state index in [1.165, 1.54) is 0 Å². The van der Waals surface area contributed by atoms with Crippen molar-refractivity contribution in [2.75, 3.05) is 12.0 Å². The molecule has 12 heavy (non-hydrogen) atoms. The summed E-state index contributed by atoms with van der Waals surface area (Å²) in [7, 11) is 0. The molecule has 1 rings (SSSR count). The summed E-state index contributed by atoms with van der Waals surface area (Å²) in [4.78, 5) is 3.91. The van der Waals surface area contributed by atoms with E-state index in [4.69, 9.17) is 15.1 Å². The summed E-state index contributed by atoms with van der Waals surface area (Å²) in [6.07, 6.45) is -0.166. The smallest absolute Gasteiger partial charge is 0.335 e.